The zero-order valence-electron chi connectivity index (χ0n) is 7.82. The van der Waals surface area contributed by atoms with Crippen molar-refractivity contribution in [3.63, 3.8) is 0 Å². The van der Waals surface area contributed by atoms with Crippen molar-refractivity contribution in [2.75, 3.05) is 12.5 Å². The van der Waals surface area contributed by atoms with Crippen LogP contribution in [-0.4, -0.2) is 13.1 Å². The molecule has 78 valence electrons. The van der Waals surface area contributed by atoms with Crippen molar-refractivity contribution in [3.05, 3.63) is 29.8 Å². The normalized spacial score (nSPS) is 8.71. The number of methoxy groups -OCH3 is 1. The maximum absolute atomic E-state index is 10.9. The van der Waals surface area contributed by atoms with E-state index in [0.29, 0.717) is 6.42 Å². The first-order valence-electron chi connectivity index (χ1n) is 3.88. The summed E-state index contributed by atoms with van der Waals surface area (Å²) < 4.78 is 4.53. The van der Waals surface area contributed by atoms with Gasteiger partial charge in [-0.05, 0) is 17.7 Å². The molecule has 1 aromatic rings. The molecule has 14 heavy (non-hydrogen) atoms. The largest absolute Gasteiger partial charge is 0.469 e. The highest BCUT2D eigenvalue weighted by atomic mass is 35.5. The van der Waals surface area contributed by atoms with Crippen LogP contribution in [0.3, 0.4) is 0 Å². The van der Waals surface area contributed by atoms with E-state index < -0.39 is 0 Å². The van der Waals surface area contributed by atoms with E-state index in [0.717, 1.165) is 11.3 Å². The van der Waals surface area contributed by atoms with E-state index in [1.54, 1.807) is 12.1 Å². The van der Waals surface area contributed by atoms with Crippen molar-refractivity contribution in [3.8, 4) is 0 Å². The predicted octanol–water partition coefficient (Wildman–Crippen LogP) is 1.11. The fraction of sp³-hybridized carbons (Fsp3) is 0.222. The van der Waals surface area contributed by atoms with Crippen LogP contribution in [0.15, 0.2) is 24.3 Å². The van der Waals surface area contributed by atoms with Gasteiger partial charge in [-0.25, -0.2) is 0 Å². The smallest absolute Gasteiger partial charge is 0.309 e. The Morgan fingerprint density at radius 2 is 2.00 bits per heavy atom. The number of hydrazine groups is 1. The van der Waals surface area contributed by atoms with Gasteiger partial charge in [-0.1, -0.05) is 12.1 Å². The average molecular weight is 217 g/mol. The quantitative estimate of drug-likeness (QED) is 0.451. The van der Waals surface area contributed by atoms with Crippen molar-refractivity contribution >= 4 is 24.1 Å². The Morgan fingerprint density at radius 3 is 2.43 bits per heavy atom. The van der Waals surface area contributed by atoms with Gasteiger partial charge in [-0.3, -0.25) is 10.6 Å². The number of esters is 1. The molecule has 0 aromatic heterocycles. The van der Waals surface area contributed by atoms with Crippen molar-refractivity contribution in [1.82, 2.24) is 0 Å². The molecule has 0 aliphatic carbocycles. The number of ether oxygens (including phenoxy) is 1. The van der Waals surface area contributed by atoms with Crippen molar-refractivity contribution in [2.45, 2.75) is 6.42 Å². The zero-order chi connectivity index (χ0) is 9.68. The van der Waals surface area contributed by atoms with Crippen LogP contribution in [0.4, 0.5) is 5.69 Å². The molecule has 0 aliphatic rings. The second kappa shape index (κ2) is 6.23. The summed E-state index contributed by atoms with van der Waals surface area (Å²) in [5.74, 6) is 4.94. The lowest BCUT2D eigenvalue weighted by Crippen LogP contribution is -2.07. The Kier molecular flexibility index (Phi) is 5.67. The summed E-state index contributed by atoms with van der Waals surface area (Å²) in [6.07, 6.45) is 0.293. The highest BCUT2D eigenvalue weighted by molar-refractivity contribution is 5.85. The molecule has 0 bridgehead atoms. The molecule has 0 atom stereocenters. The number of carbonyl (C=O) groups is 1. The van der Waals surface area contributed by atoms with Crippen LogP contribution in [0.25, 0.3) is 0 Å². The molecule has 1 aromatic carbocycles. The predicted molar refractivity (Wildman–Crippen MR) is 57.2 cm³/mol. The van der Waals surface area contributed by atoms with Gasteiger partial charge in [0.15, 0.2) is 0 Å². The molecule has 0 amide bonds. The van der Waals surface area contributed by atoms with Gasteiger partial charge in [0, 0.05) is 5.69 Å². The minimum Gasteiger partial charge on any atom is -0.469 e. The first-order chi connectivity index (χ1) is 6.26. The van der Waals surface area contributed by atoms with E-state index in [9.17, 15) is 4.79 Å². The summed E-state index contributed by atoms with van der Waals surface area (Å²) in [4.78, 5) is 10.9. The van der Waals surface area contributed by atoms with Gasteiger partial charge in [-0.15, -0.1) is 12.4 Å². The number of benzene rings is 1. The lowest BCUT2D eigenvalue weighted by Gasteiger charge is -2.02. The monoisotopic (exact) mass is 216 g/mol. The number of halogens is 1. The molecular formula is C9H13ClN2O2. The van der Waals surface area contributed by atoms with Gasteiger partial charge in [0.05, 0.1) is 13.5 Å². The third-order valence-corrected chi connectivity index (χ3v) is 1.70. The second-order valence-electron chi connectivity index (χ2n) is 2.59. The molecule has 3 N–H and O–H groups in total. The summed E-state index contributed by atoms with van der Waals surface area (Å²) in [5.41, 5.74) is 4.23. The van der Waals surface area contributed by atoms with E-state index in [1.165, 1.54) is 7.11 Å². The van der Waals surface area contributed by atoms with Crippen LogP contribution in [0.5, 0.6) is 0 Å². The van der Waals surface area contributed by atoms with E-state index in [2.05, 4.69) is 10.2 Å². The Bertz CT molecular complexity index is 287. The summed E-state index contributed by atoms with van der Waals surface area (Å²) in [7, 11) is 1.37. The number of hydrogen-bond acceptors (Lipinski definition) is 4. The number of hydrogen-bond donors (Lipinski definition) is 2. The van der Waals surface area contributed by atoms with Gasteiger partial charge in [0.1, 0.15) is 0 Å². The molecule has 4 nitrogen and oxygen atoms in total. The number of nitrogen functional groups attached to an aromatic ring is 1. The average Bonchev–Trinajstić information content (AvgIpc) is 2.19. The van der Waals surface area contributed by atoms with Gasteiger partial charge in [0.25, 0.3) is 0 Å². The Morgan fingerprint density at radius 1 is 1.43 bits per heavy atom. The van der Waals surface area contributed by atoms with Crippen LogP contribution >= 0.6 is 12.4 Å². The fourth-order valence-corrected chi connectivity index (χ4v) is 0.958. The molecule has 0 saturated carbocycles. The van der Waals surface area contributed by atoms with E-state index in [4.69, 9.17) is 5.84 Å². The van der Waals surface area contributed by atoms with Crippen molar-refractivity contribution in [2.24, 2.45) is 5.84 Å². The van der Waals surface area contributed by atoms with Crippen LogP contribution in [-0.2, 0) is 16.0 Å². The minimum absolute atomic E-state index is 0. The molecule has 0 saturated heterocycles. The number of nitrogens with two attached hydrogens (primary N) is 1. The number of rotatable bonds is 3. The van der Waals surface area contributed by atoms with Gasteiger partial charge >= 0.3 is 5.97 Å². The minimum atomic E-state index is -0.242. The van der Waals surface area contributed by atoms with Crippen molar-refractivity contribution in [1.29, 1.82) is 0 Å². The Balaban J connectivity index is 0.00000169. The molecule has 0 aliphatic heterocycles. The number of carbonyl (C=O) groups excluding carboxylic acids is 1. The van der Waals surface area contributed by atoms with Crippen LogP contribution in [0, 0.1) is 0 Å². The zero-order valence-corrected chi connectivity index (χ0v) is 8.64. The third-order valence-electron chi connectivity index (χ3n) is 1.70. The highest BCUT2D eigenvalue weighted by Gasteiger charge is 2.01. The molecule has 0 spiro atoms. The SMILES string of the molecule is COC(=O)Cc1ccc(NN)cc1.Cl. The molecule has 0 fully saturated rings. The Hall–Kier alpha value is -1.26. The van der Waals surface area contributed by atoms with Crippen LogP contribution in [0.1, 0.15) is 5.56 Å². The first kappa shape index (κ1) is 12.7. The Labute approximate surface area is 88.8 Å². The van der Waals surface area contributed by atoms with Gasteiger partial charge in [0.2, 0.25) is 0 Å². The fourth-order valence-electron chi connectivity index (χ4n) is 0.958. The second-order valence-corrected chi connectivity index (χ2v) is 2.59. The first-order valence-corrected chi connectivity index (χ1v) is 3.88. The summed E-state index contributed by atoms with van der Waals surface area (Å²) in [6.45, 7) is 0. The van der Waals surface area contributed by atoms with E-state index >= 15 is 0 Å². The molecular weight excluding hydrogens is 204 g/mol. The molecule has 0 unspecified atom stereocenters. The third kappa shape index (κ3) is 3.64. The molecule has 0 radical (unpaired) electrons. The summed E-state index contributed by atoms with van der Waals surface area (Å²) >= 11 is 0. The lowest BCUT2D eigenvalue weighted by molar-refractivity contribution is -0.139. The lowest BCUT2D eigenvalue weighted by atomic mass is 10.1. The highest BCUT2D eigenvalue weighted by Crippen LogP contribution is 2.08. The van der Waals surface area contributed by atoms with Crippen molar-refractivity contribution < 1.29 is 9.53 Å². The molecule has 1 rings (SSSR count). The van der Waals surface area contributed by atoms with Gasteiger partial charge in [-0.2, -0.15) is 0 Å². The van der Waals surface area contributed by atoms with E-state index in [1.807, 2.05) is 12.1 Å². The summed E-state index contributed by atoms with van der Waals surface area (Å²) in [6, 6.07) is 7.26. The maximum atomic E-state index is 10.9. The van der Waals surface area contributed by atoms with Crippen LogP contribution < -0.4 is 11.3 Å². The topological polar surface area (TPSA) is 64.3 Å². The van der Waals surface area contributed by atoms with Gasteiger partial charge < -0.3 is 10.2 Å². The van der Waals surface area contributed by atoms with Crippen LogP contribution in [0.2, 0.25) is 0 Å². The number of anilines is 1. The maximum Gasteiger partial charge on any atom is 0.309 e. The molecule has 0 heterocycles. The number of nitrogens with one attached hydrogen (secondary N) is 1. The standard InChI is InChI=1S/C9H12N2O2.ClH/c1-13-9(12)6-7-2-4-8(11-10)5-3-7;/h2-5,11H,6,10H2,1H3;1H. The summed E-state index contributed by atoms with van der Waals surface area (Å²) in [5, 5.41) is 0. The van der Waals surface area contributed by atoms with E-state index in [-0.39, 0.29) is 18.4 Å². The molecule has 5 heteroatoms.